The number of anilines is 1. The minimum atomic E-state index is -5.10. The van der Waals surface area contributed by atoms with Crippen LogP contribution in [0.5, 0.6) is 0 Å². The summed E-state index contributed by atoms with van der Waals surface area (Å²) < 4.78 is 105. The molecule has 2 atom stereocenters. The van der Waals surface area contributed by atoms with E-state index in [4.69, 9.17) is 0 Å². The quantitative estimate of drug-likeness (QED) is 0.676. The first-order valence-corrected chi connectivity index (χ1v) is 10.5. The molecule has 0 unspecified atom stereocenters. The Kier molecular flexibility index (Phi) is 4.80. The van der Waals surface area contributed by atoms with Crippen LogP contribution in [0.15, 0.2) is 18.2 Å². The Balaban J connectivity index is 1.96. The number of rotatable bonds is 4. The Morgan fingerprint density at radius 1 is 1.03 bits per heavy atom. The van der Waals surface area contributed by atoms with Crippen molar-refractivity contribution >= 4 is 21.5 Å². The lowest BCUT2D eigenvalue weighted by Gasteiger charge is -2.36. The molecule has 3 rings (SSSR count). The highest BCUT2D eigenvalue weighted by Crippen LogP contribution is 2.64. The number of alkyl halides is 6. The van der Waals surface area contributed by atoms with Crippen molar-refractivity contribution in [2.45, 2.75) is 45.5 Å². The normalized spacial score (nSPS) is 26.8. The highest BCUT2D eigenvalue weighted by molar-refractivity contribution is 7.92. The van der Waals surface area contributed by atoms with Crippen LogP contribution in [0.2, 0.25) is 0 Å². The van der Waals surface area contributed by atoms with Crippen LogP contribution in [-0.4, -0.2) is 20.0 Å². The largest absolute Gasteiger partial charge is 0.416 e. The predicted octanol–water partition coefficient (Wildman–Crippen LogP) is 4.86. The van der Waals surface area contributed by atoms with Gasteiger partial charge >= 0.3 is 12.4 Å². The molecule has 0 radical (unpaired) electrons. The fourth-order valence-electron chi connectivity index (χ4n) is 4.66. The van der Waals surface area contributed by atoms with Gasteiger partial charge in [-0.05, 0) is 42.4 Å². The lowest BCUT2D eigenvalue weighted by Crippen LogP contribution is -2.43. The molecule has 2 saturated carbocycles. The van der Waals surface area contributed by atoms with E-state index in [1.807, 2.05) is 4.72 Å². The molecule has 2 bridgehead atoms. The van der Waals surface area contributed by atoms with E-state index >= 15 is 0 Å². The highest BCUT2D eigenvalue weighted by Gasteiger charge is 2.65. The zero-order valence-electron chi connectivity index (χ0n) is 15.5. The second-order valence-electron chi connectivity index (χ2n) is 8.32. The molecule has 2 aliphatic carbocycles. The number of nitrogens with one attached hydrogen (secondary N) is 1. The van der Waals surface area contributed by atoms with Crippen molar-refractivity contribution < 1.29 is 39.6 Å². The van der Waals surface area contributed by atoms with E-state index < -0.39 is 55.8 Å². The first kappa shape index (κ1) is 21.9. The third kappa shape index (κ3) is 3.73. The summed E-state index contributed by atoms with van der Waals surface area (Å²) >= 11 is 0. The molecule has 0 saturated heterocycles. The summed E-state index contributed by atoms with van der Waals surface area (Å²) in [4.78, 5) is 12.5. The van der Waals surface area contributed by atoms with Gasteiger partial charge < -0.3 is 0 Å². The summed E-state index contributed by atoms with van der Waals surface area (Å²) in [5.74, 6) is -0.903. The summed E-state index contributed by atoms with van der Waals surface area (Å²) in [5, 5.41) is 0. The average Bonchev–Trinajstić information content (AvgIpc) is 2.86. The molecular weight excluding hydrogens is 424 g/mol. The molecule has 2 aliphatic rings. The molecular formula is C18H19F6NO3S. The van der Waals surface area contributed by atoms with Crippen LogP contribution < -0.4 is 4.72 Å². The maximum atomic E-state index is 13.0. The Morgan fingerprint density at radius 2 is 1.55 bits per heavy atom. The van der Waals surface area contributed by atoms with Gasteiger partial charge in [-0.2, -0.15) is 26.3 Å². The lowest BCUT2D eigenvalue weighted by atomic mass is 9.70. The van der Waals surface area contributed by atoms with Crippen molar-refractivity contribution in [1.82, 2.24) is 0 Å². The maximum absolute atomic E-state index is 13.0. The summed E-state index contributed by atoms with van der Waals surface area (Å²) in [6, 6.07) is 0.536. The zero-order chi connectivity index (χ0) is 22.0. The van der Waals surface area contributed by atoms with Gasteiger partial charge in [0.05, 0.1) is 22.3 Å². The molecule has 1 aromatic rings. The van der Waals surface area contributed by atoms with Crippen molar-refractivity contribution in [3.05, 3.63) is 29.3 Å². The van der Waals surface area contributed by atoms with Gasteiger partial charge in [0.25, 0.3) is 0 Å². The van der Waals surface area contributed by atoms with Crippen LogP contribution in [0.3, 0.4) is 0 Å². The van der Waals surface area contributed by atoms with E-state index in [0.717, 1.165) is 0 Å². The van der Waals surface area contributed by atoms with Crippen LogP contribution in [0, 0.1) is 16.7 Å². The molecule has 162 valence electrons. The van der Waals surface area contributed by atoms with Crippen LogP contribution >= 0.6 is 0 Å². The number of hydrogen-bond donors (Lipinski definition) is 1. The Labute approximate surface area is 163 Å². The number of carbonyl (C=O) groups excluding carboxylic acids is 1. The van der Waals surface area contributed by atoms with E-state index in [-0.39, 0.29) is 24.2 Å². The van der Waals surface area contributed by atoms with Gasteiger partial charge in [-0.1, -0.05) is 13.8 Å². The molecule has 0 amide bonds. The number of benzene rings is 1. The third-order valence-corrected chi connectivity index (χ3v) is 7.86. The summed E-state index contributed by atoms with van der Waals surface area (Å²) in [6.07, 6.45) is -8.99. The van der Waals surface area contributed by atoms with Crippen LogP contribution in [0.25, 0.3) is 0 Å². The number of halogens is 6. The van der Waals surface area contributed by atoms with Gasteiger partial charge in [-0.3, -0.25) is 9.52 Å². The van der Waals surface area contributed by atoms with Crippen molar-refractivity contribution in [3.8, 4) is 0 Å². The standard InChI is InChI=1S/C18H19F6NO3S/c1-15(2)10-3-4-16(15,14(26)8-10)9-29(27,28)25-13-6-11(17(19,20)21)5-12(7-13)18(22,23)24/h5-7,10,25H,3-4,8-9H2,1-2H3/t10-,16+/m1/s1. The maximum Gasteiger partial charge on any atom is 0.416 e. The van der Waals surface area contributed by atoms with Gasteiger partial charge in [0.2, 0.25) is 10.0 Å². The predicted molar refractivity (Wildman–Crippen MR) is 92.4 cm³/mol. The van der Waals surface area contributed by atoms with E-state index in [2.05, 4.69) is 0 Å². The highest BCUT2D eigenvalue weighted by atomic mass is 32.2. The number of hydrogen-bond acceptors (Lipinski definition) is 3. The number of sulfonamides is 1. The SMILES string of the molecule is CC1(C)[C@@H]2CC[C@]1(CS(=O)(=O)Nc1cc(C(F)(F)F)cc(C(F)(F)F)c1)C(=O)C2. The Bertz CT molecular complexity index is 919. The molecule has 29 heavy (non-hydrogen) atoms. The van der Waals surface area contributed by atoms with Crippen molar-refractivity contribution in [1.29, 1.82) is 0 Å². The summed E-state index contributed by atoms with van der Waals surface area (Å²) in [6.45, 7) is 3.55. The molecule has 1 N–H and O–H groups in total. The molecule has 11 heteroatoms. The fraction of sp³-hybridized carbons (Fsp3) is 0.611. The van der Waals surface area contributed by atoms with Crippen LogP contribution in [0.1, 0.15) is 44.2 Å². The van der Waals surface area contributed by atoms with Crippen molar-refractivity contribution in [2.24, 2.45) is 16.7 Å². The third-order valence-electron chi connectivity index (χ3n) is 6.44. The topological polar surface area (TPSA) is 63.2 Å². The molecule has 0 aromatic heterocycles. The molecule has 1 aromatic carbocycles. The van der Waals surface area contributed by atoms with Gasteiger partial charge in [0.15, 0.2) is 0 Å². The minimum Gasteiger partial charge on any atom is -0.299 e. The second-order valence-corrected chi connectivity index (χ2v) is 10.0. The first-order chi connectivity index (χ1) is 13.0. The summed E-state index contributed by atoms with van der Waals surface area (Å²) in [7, 11) is -4.40. The number of ketones is 1. The van der Waals surface area contributed by atoms with Gasteiger partial charge in [-0.25, -0.2) is 8.42 Å². The monoisotopic (exact) mass is 443 g/mol. The minimum absolute atomic E-state index is 0.00980. The fourth-order valence-corrected chi connectivity index (χ4v) is 6.54. The molecule has 4 nitrogen and oxygen atoms in total. The van der Waals surface area contributed by atoms with Crippen LogP contribution in [0.4, 0.5) is 32.0 Å². The Morgan fingerprint density at radius 3 is 1.93 bits per heavy atom. The number of fused-ring (bicyclic) bond motifs is 2. The molecule has 0 spiro atoms. The van der Waals surface area contributed by atoms with Gasteiger partial charge in [0, 0.05) is 12.1 Å². The van der Waals surface area contributed by atoms with E-state index in [9.17, 15) is 39.6 Å². The molecule has 0 aliphatic heterocycles. The second kappa shape index (κ2) is 6.36. The summed E-state index contributed by atoms with van der Waals surface area (Å²) in [5.41, 5.74) is -5.91. The lowest BCUT2D eigenvalue weighted by molar-refractivity contribution is -0.143. The van der Waals surface area contributed by atoms with Crippen molar-refractivity contribution in [3.63, 3.8) is 0 Å². The van der Waals surface area contributed by atoms with Gasteiger partial charge in [-0.15, -0.1) is 0 Å². The zero-order valence-corrected chi connectivity index (χ0v) is 16.4. The molecule has 2 fully saturated rings. The Hall–Kier alpha value is -1.78. The first-order valence-electron chi connectivity index (χ1n) is 8.81. The smallest absolute Gasteiger partial charge is 0.299 e. The number of carbonyl (C=O) groups is 1. The molecule has 0 heterocycles. The van der Waals surface area contributed by atoms with Crippen molar-refractivity contribution in [2.75, 3.05) is 10.5 Å². The van der Waals surface area contributed by atoms with Crippen LogP contribution in [-0.2, 0) is 27.2 Å². The average molecular weight is 443 g/mol. The van der Waals surface area contributed by atoms with Gasteiger partial charge in [0.1, 0.15) is 5.78 Å². The number of Topliss-reactive ketones (excluding diaryl/α,β-unsaturated/α-hetero) is 1. The van der Waals surface area contributed by atoms with E-state index in [1.54, 1.807) is 13.8 Å². The van der Waals surface area contributed by atoms with E-state index in [0.29, 0.717) is 25.0 Å². The van der Waals surface area contributed by atoms with E-state index in [1.165, 1.54) is 0 Å².